The Hall–Kier alpha value is -3.15. The summed E-state index contributed by atoms with van der Waals surface area (Å²) >= 11 is 9.03. The highest BCUT2D eigenvalue weighted by atomic mass is 79.9. The Labute approximate surface area is 184 Å². The number of rotatable bonds is 4. The fraction of sp³-hybridized carbons (Fsp3) is 0.158. The Morgan fingerprint density at radius 2 is 1.87 bits per heavy atom. The molecule has 0 aliphatic rings. The molecule has 2 aromatic carbocycles. The van der Waals surface area contributed by atoms with Crippen molar-refractivity contribution in [1.29, 1.82) is 10.5 Å². The zero-order valence-electron chi connectivity index (χ0n) is 15.1. The number of carbonyl (C=O) groups is 1. The van der Waals surface area contributed by atoms with Gasteiger partial charge in [-0.25, -0.2) is 9.18 Å². The van der Waals surface area contributed by atoms with Crippen molar-refractivity contribution in [3.8, 4) is 12.1 Å². The van der Waals surface area contributed by atoms with E-state index in [1.54, 1.807) is 12.1 Å². The zero-order valence-corrected chi connectivity index (χ0v) is 17.4. The summed E-state index contributed by atoms with van der Waals surface area (Å²) < 4.78 is 53.7. The summed E-state index contributed by atoms with van der Waals surface area (Å²) in [5.74, 6) is -1.67. The van der Waals surface area contributed by atoms with Gasteiger partial charge in [0.1, 0.15) is 25.0 Å². The highest BCUT2D eigenvalue weighted by Crippen LogP contribution is 2.33. The normalized spacial score (nSPS) is 11.4. The second kappa shape index (κ2) is 8.17. The number of hydrogen-bond donors (Lipinski definition) is 0. The molecule has 1 heterocycles. The van der Waals surface area contributed by atoms with Crippen molar-refractivity contribution in [2.75, 3.05) is 0 Å². The Morgan fingerprint density at radius 3 is 2.45 bits per heavy atom. The van der Waals surface area contributed by atoms with Crippen LogP contribution < -0.4 is 5.69 Å². The minimum Gasteiger partial charge on any atom is -0.288 e. The average Bonchev–Trinajstić information content (AvgIpc) is 2.93. The Bertz CT molecular complexity index is 1380. The van der Waals surface area contributed by atoms with E-state index in [4.69, 9.17) is 16.9 Å². The standard InChI is InChI=1S/C19H8BrClF4N4O2/c20-12-6-14-16(28(4-3-26)18(31)29(14)8-19(23,24)25)11(7-27)15(12)17(30)10-5-9(22)1-2-13(10)21/h1-2,5-6H,4,8H2. The molecule has 0 amide bonds. The van der Waals surface area contributed by atoms with E-state index in [2.05, 4.69) is 15.9 Å². The minimum atomic E-state index is -4.77. The maximum atomic E-state index is 13.7. The number of aromatic nitrogens is 2. The smallest absolute Gasteiger partial charge is 0.288 e. The second-order valence-electron chi connectivity index (χ2n) is 6.27. The largest absolute Gasteiger partial charge is 0.406 e. The number of alkyl halides is 3. The SMILES string of the molecule is N#CCn1c(=O)n(CC(F)(F)F)c2cc(Br)c(C(=O)c3cc(F)ccc3Cl)c(C#N)c21. The molecular formula is C19H8BrClF4N4O2. The molecule has 0 unspecified atom stereocenters. The van der Waals surface area contributed by atoms with Gasteiger partial charge in [0.2, 0.25) is 0 Å². The third-order valence-electron chi connectivity index (χ3n) is 4.33. The molecule has 0 saturated carbocycles. The third-order valence-corrected chi connectivity index (χ3v) is 5.29. The van der Waals surface area contributed by atoms with E-state index in [-0.39, 0.29) is 31.7 Å². The molecule has 0 saturated heterocycles. The molecule has 1 aromatic heterocycles. The summed E-state index contributed by atoms with van der Waals surface area (Å²) in [5.41, 5.74) is -2.88. The molecule has 0 atom stereocenters. The monoisotopic (exact) mass is 514 g/mol. The van der Waals surface area contributed by atoms with Crippen molar-refractivity contribution in [1.82, 2.24) is 9.13 Å². The topological polar surface area (TPSA) is 91.6 Å². The van der Waals surface area contributed by atoms with E-state index in [1.807, 2.05) is 0 Å². The summed E-state index contributed by atoms with van der Waals surface area (Å²) in [7, 11) is 0. The lowest BCUT2D eigenvalue weighted by atomic mass is 9.97. The van der Waals surface area contributed by atoms with Crippen LogP contribution >= 0.6 is 27.5 Å². The highest BCUT2D eigenvalue weighted by molar-refractivity contribution is 9.10. The summed E-state index contributed by atoms with van der Waals surface area (Å²) in [4.78, 5) is 25.7. The average molecular weight is 516 g/mol. The number of nitriles is 2. The van der Waals surface area contributed by atoms with Crippen molar-refractivity contribution in [3.63, 3.8) is 0 Å². The van der Waals surface area contributed by atoms with Crippen LogP contribution in [0.4, 0.5) is 17.6 Å². The second-order valence-corrected chi connectivity index (χ2v) is 7.53. The predicted octanol–water partition coefficient (Wildman–Crippen LogP) is 4.55. The number of halogens is 6. The van der Waals surface area contributed by atoms with E-state index in [9.17, 15) is 32.4 Å². The fourth-order valence-corrected chi connectivity index (χ4v) is 3.93. The Balaban J connectivity index is 2.42. The number of ketones is 1. The van der Waals surface area contributed by atoms with Crippen LogP contribution in [0.15, 0.2) is 33.5 Å². The predicted molar refractivity (Wildman–Crippen MR) is 105 cm³/mol. The maximum Gasteiger partial charge on any atom is 0.406 e. The Morgan fingerprint density at radius 1 is 1.19 bits per heavy atom. The molecule has 6 nitrogen and oxygen atoms in total. The number of hydrogen-bond acceptors (Lipinski definition) is 4. The first kappa shape index (κ1) is 22.5. The molecule has 3 rings (SSSR count). The van der Waals surface area contributed by atoms with E-state index in [1.165, 1.54) is 0 Å². The van der Waals surface area contributed by atoms with Gasteiger partial charge in [0.15, 0.2) is 5.78 Å². The van der Waals surface area contributed by atoms with Crippen LogP contribution in [0.25, 0.3) is 11.0 Å². The fourth-order valence-electron chi connectivity index (χ4n) is 3.14. The van der Waals surface area contributed by atoms with Gasteiger partial charge < -0.3 is 0 Å². The van der Waals surface area contributed by atoms with Crippen LogP contribution in [0.1, 0.15) is 21.5 Å². The van der Waals surface area contributed by atoms with E-state index < -0.39 is 42.1 Å². The van der Waals surface area contributed by atoms with E-state index >= 15 is 0 Å². The van der Waals surface area contributed by atoms with Crippen molar-refractivity contribution in [3.05, 3.63) is 66.8 Å². The molecule has 0 radical (unpaired) electrons. The first-order valence-electron chi connectivity index (χ1n) is 8.29. The Kier molecular flexibility index (Phi) is 5.94. The number of carbonyl (C=O) groups excluding carboxylic acids is 1. The van der Waals surface area contributed by atoms with Crippen LogP contribution in [0.3, 0.4) is 0 Å². The molecule has 31 heavy (non-hydrogen) atoms. The van der Waals surface area contributed by atoms with Gasteiger partial charge in [-0.2, -0.15) is 23.7 Å². The van der Waals surface area contributed by atoms with Crippen LogP contribution in [0.5, 0.6) is 0 Å². The summed E-state index contributed by atoms with van der Waals surface area (Å²) in [6.07, 6.45) is -4.77. The van der Waals surface area contributed by atoms with Gasteiger partial charge in [0.25, 0.3) is 0 Å². The van der Waals surface area contributed by atoms with Gasteiger partial charge in [0, 0.05) is 10.0 Å². The first-order valence-corrected chi connectivity index (χ1v) is 9.46. The number of fused-ring (bicyclic) bond motifs is 1. The first-order chi connectivity index (χ1) is 14.5. The molecule has 12 heteroatoms. The summed E-state index contributed by atoms with van der Waals surface area (Å²) in [5, 5.41) is 18.6. The maximum absolute atomic E-state index is 13.7. The molecule has 3 aromatic rings. The van der Waals surface area contributed by atoms with Crippen molar-refractivity contribution in [2.45, 2.75) is 19.3 Å². The minimum absolute atomic E-state index is 0.105. The zero-order chi connectivity index (χ0) is 23.1. The third kappa shape index (κ3) is 4.07. The van der Waals surface area contributed by atoms with Gasteiger partial charge in [-0.15, -0.1) is 0 Å². The highest BCUT2D eigenvalue weighted by Gasteiger charge is 2.33. The van der Waals surface area contributed by atoms with Crippen molar-refractivity contribution < 1.29 is 22.4 Å². The van der Waals surface area contributed by atoms with Crippen LogP contribution in [-0.4, -0.2) is 21.1 Å². The molecule has 0 bridgehead atoms. The molecule has 0 spiro atoms. The quantitative estimate of drug-likeness (QED) is 0.377. The van der Waals surface area contributed by atoms with Gasteiger partial charge in [-0.05, 0) is 40.2 Å². The van der Waals surface area contributed by atoms with Gasteiger partial charge in [-0.3, -0.25) is 13.9 Å². The summed E-state index contributed by atoms with van der Waals surface area (Å²) in [6.45, 7) is -2.33. The lowest BCUT2D eigenvalue weighted by Gasteiger charge is -2.11. The molecule has 158 valence electrons. The lowest BCUT2D eigenvalue weighted by Crippen LogP contribution is -2.29. The molecule has 0 fully saturated rings. The van der Waals surface area contributed by atoms with E-state index in [0.717, 1.165) is 24.3 Å². The molecule has 0 aliphatic carbocycles. The van der Waals surface area contributed by atoms with E-state index in [0.29, 0.717) is 9.13 Å². The van der Waals surface area contributed by atoms with Crippen molar-refractivity contribution in [2.24, 2.45) is 0 Å². The van der Waals surface area contributed by atoms with Gasteiger partial charge in [0.05, 0.1) is 33.3 Å². The molecule has 0 aliphatic heterocycles. The number of nitrogens with zero attached hydrogens (tertiary/aromatic N) is 4. The number of imidazole rings is 1. The van der Waals surface area contributed by atoms with Crippen LogP contribution in [0, 0.1) is 28.5 Å². The van der Waals surface area contributed by atoms with Crippen LogP contribution in [0.2, 0.25) is 5.02 Å². The van der Waals surface area contributed by atoms with Gasteiger partial charge in [-0.1, -0.05) is 11.6 Å². The molecule has 0 N–H and O–H groups in total. The number of benzene rings is 2. The van der Waals surface area contributed by atoms with Gasteiger partial charge >= 0.3 is 11.9 Å². The molecular weight excluding hydrogens is 508 g/mol. The lowest BCUT2D eigenvalue weighted by molar-refractivity contribution is -0.140. The summed E-state index contributed by atoms with van der Waals surface area (Å²) in [6, 6.07) is 7.43. The van der Waals surface area contributed by atoms with Crippen LogP contribution in [-0.2, 0) is 13.1 Å². The van der Waals surface area contributed by atoms with Crippen molar-refractivity contribution >= 4 is 44.3 Å².